The molecule has 0 atom stereocenters. The third-order valence-electron chi connectivity index (χ3n) is 2.95. The van der Waals surface area contributed by atoms with Gasteiger partial charge in [-0.15, -0.1) is 11.3 Å². The van der Waals surface area contributed by atoms with Gasteiger partial charge in [-0.05, 0) is 19.1 Å². The van der Waals surface area contributed by atoms with Crippen molar-refractivity contribution in [1.82, 2.24) is 10.3 Å². The molecule has 1 aromatic heterocycles. The van der Waals surface area contributed by atoms with Crippen LogP contribution in [0.4, 0.5) is 0 Å². The van der Waals surface area contributed by atoms with Crippen LogP contribution < -0.4 is 14.8 Å². The van der Waals surface area contributed by atoms with Gasteiger partial charge in [0.15, 0.2) is 0 Å². The van der Waals surface area contributed by atoms with Crippen LogP contribution in [0.2, 0.25) is 0 Å². The molecule has 6 heteroatoms. The van der Waals surface area contributed by atoms with E-state index in [0.29, 0.717) is 23.6 Å². The number of aromatic nitrogens is 1. The van der Waals surface area contributed by atoms with Crippen molar-refractivity contribution in [3.8, 4) is 11.5 Å². The highest BCUT2D eigenvalue weighted by atomic mass is 32.1. The third kappa shape index (κ3) is 4.19. The molecule has 0 unspecified atom stereocenters. The van der Waals surface area contributed by atoms with Crippen LogP contribution >= 0.6 is 11.3 Å². The summed E-state index contributed by atoms with van der Waals surface area (Å²) in [5.74, 6) is 1.03. The molecule has 21 heavy (non-hydrogen) atoms. The zero-order valence-electron chi connectivity index (χ0n) is 12.3. The lowest BCUT2D eigenvalue weighted by Crippen LogP contribution is -2.25. The van der Waals surface area contributed by atoms with Gasteiger partial charge in [-0.25, -0.2) is 4.98 Å². The molecule has 5 nitrogen and oxygen atoms in total. The number of methoxy groups -OCH3 is 2. The Bertz CT molecular complexity index is 603. The second kappa shape index (κ2) is 7.08. The molecule has 0 fully saturated rings. The molecule has 0 aliphatic heterocycles. The molecule has 112 valence electrons. The highest BCUT2D eigenvalue weighted by molar-refractivity contribution is 7.09. The lowest BCUT2D eigenvalue weighted by molar-refractivity contribution is 0.0953. The van der Waals surface area contributed by atoms with Crippen LogP contribution in [-0.4, -0.2) is 31.7 Å². The summed E-state index contributed by atoms with van der Waals surface area (Å²) in [5, 5.41) is 5.92. The van der Waals surface area contributed by atoms with Crippen LogP contribution in [0, 0.1) is 6.92 Å². The Morgan fingerprint density at radius 1 is 1.24 bits per heavy atom. The van der Waals surface area contributed by atoms with E-state index in [0.717, 1.165) is 17.1 Å². The summed E-state index contributed by atoms with van der Waals surface area (Å²) in [7, 11) is 3.11. The standard InChI is InChI=1S/C15H18N2O3S/c1-10-17-12(9-21-10)4-5-16-15(18)11-6-13(19-2)8-14(7-11)20-3/h6-9H,4-5H2,1-3H3,(H,16,18). The van der Waals surface area contributed by atoms with Crippen molar-refractivity contribution < 1.29 is 14.3 Å². The summed E-state index contributed by atoms with van der Waals surface area (Å²) >= 11 is 1.61. The maximum absolute atomic E-state index is 12.1. The first-order valence-electron chi connectivity index (χ1n) is 6.54. The molecule has 0 aliphatic carbocycles. The van der Waals surface area contributed by atoms with E-state index in [9.17, 15) is 4.79 Å². The molecular formula is C15H18N2O3S. The molecule has 0 saturated heterocycles. The second-order valence-electron chi connectivity index (χ2n) is 4.47. The normalized spacial score (nSPS) is 10.2. The topological polar surface area (TPSA) is 60.5 Å². The maximum atomic E-state index is 12.1. The van der Waals surface area contributed by atoms with Crippen LogP contribution in [-0.2, 0) is 6.42 Å². The average Bonchev–Trinajstić information content (AvgIpc) is 2.92. The minimum absolute atomic E-state index is 0.154. The second-order valence-corrected chi connectivity index (χ2v) is 5.53. The van der Waals surface area contributed by atoms with Crippen LogP contribution in [0.3, 0.4) is 0 Å². The van der Waals surface area contributed by atoms with Gasteiger partial charge >= 0.3 is 0 Å². The zero-order chi connectivity index (χ0) is 15.2. The first-order valence-corrected chi connectivity index (χ1v) is 7.42. The van der Waals surface area contributed by atoms with Gasteiger partial charge in [-0.3, -0.25) is 4.79 Å². The lowest BCUT2D eigenvalue weighted by Gasteiger charge is -2.09. The quantitative estimate of drug-likeness (QED) is 0.890. The molecular weight excluding hydrogens is 288 g/mol. The number of nitrogens with one attached hydrogen (secondary N) is 1. The molecule has 1 N–H and O–H groups in total. The van der Waals surface area contributed by atoms with E-state index in [-0.39, 0.29) is 5.91 Å². The number of nitrogens with zero attached hydrogens (tertiary/aromatic N) is 1. The number of ether oxygens (including phenoxy) is 2. The van der Waals surface area contributed by atoms with Crippen molar-refractivity contribution in [2.75, 3.05) is 20.8 Å². The summed E-state index contributed by atoms with van der Waals surface area (Å²) < 4.78 is 10.3. The predicted octanol–water partition coefficient (Wildman–Crippen LogP) is 2.44. The number of carbonyl (C=O) groups is 1. The Morgan fingerprint density at radius 2 is 1.90 bits per heavy atom. The molecule has 0 aliphatic rings. The minimum atomic E-state index is -0.154. The highest BCUT2D eigenvalue weighted by Gasteiger charge is 2.09. The minimum Gasteiger partial charge on any atom is -0.497 e. The molecule has 2 rings (SSSR count). The number of amides is 1. The van der Waals surface area contributed by atoms with Gasteiger partial charge in [0.1, 0.15) is 11.5 Å². The van der Waals surface area contributed by atoms with Crippen molar-refractivity contribution in [3.05, 3.63) is 39.8 Å². The summed E-state index contributed by atoms with van der Waals surface area (Å²) in [6.45, 7) is 2.51. The van der Waals surface area contributed by atoms with Crippen molar-refractivity contribution in [2.24, 2.45) is 0 Å². The van der Waals surface area contributed by atoms with Gasteiger partial charge in [0.2, 0.25) is 0 Å². The SMILES string of the molecule is COc1cc(OC)cc(C(=O)NCCc2csc(C)n2)c1. The van der Waals surface area contributed by atoms with E-state index in [1.54, 1.807) is 43.8 Å². The summed E-state index contributed by atoms with van der Waals surface area (Å²) in [6.07, 6.45) is 0.719. The van der Waals surface area contributed by atoms with Gasteiger partial charge in [0.05, 0.1) is 24.9 Å². The molecule has 0 bridgehead atoms. The van der Waals surface area contributed by atoms with Crippen LogP contribution in [0.25, 0.3) is 0 Å². The van der Waals surface area contributed by atoms with Crippen molar-refractivity contribution in [2.45, 2.75) is 13.3 Å². The fourth-order valence-electron chi connectivity index (χ4n) is 1.87. The summed E-state index contributed by atoms with van der Waals surface area (Å²) in [4.78, 5) is 16.5. The van der Waals surface area contributed by atoms with Crippen LogP contribution in [0.15, 0.2) is 23.6 Å². The number of thiazole rings is 1. The van der Waals surface area contributed by atoms with E-state index in [2.05, 4.69) is 10.3 Å². The Labute approximate surface area is 127 Å². The molecule has 0 spiro atoms. The molecule has 0 saturated carbocycles. The monoisotopic (exact) mass is 306 g/mol. The number of hydrogen-bond acceptors (Lipinski definition) is 5. The van der Waals surface area contributed by atoms with Gasteiger partial charge in [-0.1, -0.05) is 0 Å². The van der Waals surface area contributed by atoms with Gasteiger partial charge in [-0.2, -0.15) is 0 Å². The fourth-order valence-corrected chi connectivity index (χ4v) is 2.51. The first-order chi connectivity index (χ1) is 10.1. The molecule has 2 aromatic rings. The number of aryl methyl sites for hydroxylation is 1. The third-order valence-corrected chi connectivity index (χ3v) is 3.77. The number of rotatable bonds is 6. The zero-order valence-corrected chi connectivity index (χ0v) is 13.1. The predicted molar refractivity (Wildman–Crippen MR) is 82.4 cm³/mol. The first kappa shape index (κ1) is 15.3. The lowest BCUT2D eigenvalue weighted by atomic mass is 10.2. The number of carbonyl (C=O) groups excluding carboxylic acids is 1. The van der Waals surface area contributed by atoms with Crippen molar-refractivity contribution >= 4 is 17.2 Å². The van der Waals surface area contributed by atoms with E-state index in [4.69, 9.17) is 9.47 Å². The Balaban J connectivity index is 1.96. The van der Waals surface area contributed by atoms with Crippen molar-refractivity contribution in [1.29, 1.82) is 0 Å². The summed E-state index contributed by atoms with van der Waals surface area (Å²) in [5.41, 5.74) is 1.52. The largest absolute Gasteiger partial charge is 0.497 e. The average molecular weight is 306 g/mol. The number of hydrogen-bond donors (Lipinski definition) is 1. The van der Waals surface area contributed by atoms with Crippen LogP contribution in [0.1, 0.15) is 21.1 Å². The van der Waals surface area contributed by atoms with E-state index in [1.807, 2.05) is 12.3 Å². The molecule has 1 aromatic carbocycles. The molecule has 1 amide bonds. The van der Waals surface area contributed by atoms with Gasteiger partial charge in [0.25, 0.3) is 5.91 Å². The van der Waals surface area contributed by atoms with Crippen LogP contribution in [0.5, 0.6) is 11.5 Å². The molecule has 1 heterocycles. The van der Waals surface area contributed by atoms with E-state index in [1.165, 1.54) is 0 Å². The molecule has 0 radical (unpaired) electrons. The van der Waals surface area contributed by atoms with Gasteiger partial charge < -0.3 is 14.8 Å². The van der Waals surface area contributed by atoms with Crippen molar-refractivity contribution in [3.63, 3.8) is 0 Å². The highest BCUT2D eigenvalue weighted by Crippen LogP contribution is 2.22. The van der Waals surface area contributed by atoms with Gasteiger partial charge in [0, 0.05) is 30.0 Å². The smallest absolute Gasteiger partial charge is 0.251 e. The Kier molecular flexibility index (Phi) is 5.16. The Morgan fingerprint density at radius 3 is 2.43 bits per heavy atom. The Hall–Kier alpha value is -2.08. The maximum Gasteiger partial charge on any atom is 0.251 e. The summed E-state index contributed by atoms with van der Waals surface area (Å²) in [6, 6.07) is 5.10. The number of benzene rings is 1. The van der Waals surface area contributed by atoms with E-state index >= 15 is 0 Å². The van der Waals surface area contributed by atoms with E-state index < -0.39 is 0 Å². The fraction of sp³-hybridized carbons (Fsp3) is 0.333.